The molecule has 1 amide bonds. The van der Waals surface area contributed by atoms with Gasteiger partial charge in [0.1, 0.15) is 6.23 Å². The quantitative estimate of drug-likeness (QED) is 0.913. The number of nitrogens with one attached hydrogen (secondary N) is 1. The van der Waals surface area contributed by atoms with Crippen molar-refractivity contribution in [1.82, 2.24) is 9.88 Å². The normalized spacial score (nSPS) is 21.6. The highest BCUT2D eigenvalue weighted by Crippen LogP contribution is 2.28. The van der Waals surface area contributed by atoms with E-state index in [1.54, 1.807) is 0 Å². The summed E-state index contributed by atoms with van der Waals surface area (Å²) < 4.78 is 5.61. The van der Waals surface area contributed by atoms with Crippen LogP contribution in [0.3, 0.4) is 0 Å². The van der Waals surface area contributed by atoms with Crippen molar-refractivity contribution in [2.45, 2.75) is 39.0 Å². The molecule has 106 valence electrons. The van der Waals surface area contributed by atoms with Gasteiger partial charge in [-0.05, 0) is 32.4 Å². The van der Waals surface area contributed by atoms with Crippen LogP contribution in [0, 0.1) is 0 Å². The number of carbonyl (C=O) groups is 1. The Kier molecular flexibility index (Phi) is 3.05. The van der Waals surface area contributed by atoms with Crippen LogP contribution in [0.4, 0.5) is 0 Å². The Balaban J connectivity index is 1.86. The van der Waals surface area contributed by atoms with E-state index in [0.29, 0.717) is 13.0 Å². The van der Waals surface area contributed by atoms with Crippen LogP contribution >= 0.6 is 0 Å². The van der Waals surface area contributed by atoms with Gasteiger partial charge in [-0.3, -0.25) is 4.79 Å². The molecule has 0 saturated carbocycles. The highest BCUT2D eigenvalue weighted by atomic mass is 16.5. The number of para-hydroxylation sites is 1. The maximum Gasteiger partial charge on any atom is 0.229 e. The largest absolute Gasteiger partial charge is 0.361 e. The zero-order valence-corrected chi connectivity index (χ0v) is 12.1. The summed E-state index contributed by atoms with van der Waals surface area (Å²) in [5, 5.41) is 1.12. The standard InChI is InChI=1S/C16H20N2O2/c1-11-18(16(2,3)10-20-11)15(19)8-12-9-17-14-7-5-4-6-13(12)14/h4-7,9,11,17H,8,10H2,1-3H3. The predicted molar refractivity (Wildman–Crippen MR) is 78.3 cm³/mol. The zero-order chi connectivity index (χ0) is 14.3. The third-order valence-electron chi connectivity index (χ3n) is 3.98. The van der Waals surface area contributed by atoms with Crippen LogP contribution in [0.5, 0.6) is 0 Å². The molecule has 2 aromatic rings. The first kappa shape index (κ1) is 13.2. The van der Waals surface area contributed by atoms with E-state index in [1.807, 2.05) is 56.1 Å². The summed E-state index contributed by atoms with van der Waals surface area (Å²) >= 11 is 0. The minimum Gasteiger partial charge on any atom is -0.361 e. The number of amides is 1. The van der Waals surface area contributed by atoms with Crippen LogP contribution in [0.1, 0.15) is 26.3 Å². The van der Waals surface area contributed by atoms with Crippen LogP contribution in [-0.4, -0.2) is 34.2 Å². The van der Waals surface area contributed by atoms with E-state index < -0.39 is 0 Å². The predicted octanol–water partition coefficient (Wildman–Crippen LogP) is 2.69. The van der Waals surface area contributed by atoms with Crippen molar-refractivity contribution in [1.29, 1.82) is 0 Å². The molecule has 1 unspecified atom stereocenters. The number of hydrogen-bond acceptors (Lipinski definition) is 2. The number of benzene rings is 1. The van der Waals surface area contributed by atoms with E-state index in [0.717, 1.165) is 16.5 Å². The summed E-state index contributed by atoms with van der Waals surface area (Å²) in [6.45, 7) is 6.61. The fourth-order valence-electron chi connectivity index (χ4n) is 3.03. The molecule has 4 heteroatoms. The number of aromatic amines is 1. The van der Waals surface area contributed by atoms with Gasteiger partial charge in [-0.15, -0.1) is 0 Å². The van der Waals surface area contributed by atoms with Crippen LogP contribution in [0.2, 0.25) is 0 Å². The summed E-state index contributed by atoms with van der Waals surface area (Å²) in [4.78, 5) is 17.7. The molecule has 0 spiro atoms. The molecule has 4 nitrogen and oxygen atoms in total. The van der Waals surface area contributed by atoms with E-state index in [4.69, 9.17) is 4.74 Å². The van der Waals surface area contributed by atoms with Crippen molar-refractivity contribution in [3.05, 3.63) is 36.0 Å². The number of fused-ring (bicyclic) bond motifs is 1. The third kappa shape index (κ3) is 2.10. The molecule has 1 saturated heterocycles. The Hall–Kier alpha value is -1.81. The Morgan fingerprint density at radius 2 is 2.20 bits per heavy atom. The summed E-state index contributed by atoms with van der Waals surface area (Å²) in [6, 6.07) is 8.05. The highest BCUT2D eigenvalue weighted by molar-refractivity contribution is 5.89. The second kappa shape index (κ2) is 4.63. The number of H-pyrrole nitrogens is 1. The van der Waals surface area contributed by atoms with Gasteiger partial charge in [0.2, 0.25) is 5.91 Å². The SMILES string of the molecule is CC1OCC(C)(C)N1C(=O)Cc1c[nH]c2ccccc12. The monoisotopic (exact) mass is 272 g/mol. The van der Waals surface area contributed by atoms with Gasteiger partial charge in [0.25, 0.3) is 0 Å². The topological polar surface area (TPSA) is 45.3 Å². The van der Waals surface area contributed by atoms with Crippen molar-refractivity contribution in [2.75, 3.05) is 6.61 Å². The summed E-state index contributed by atoms with van der Waals surface area (Å²) in [5.74, 6) is 0.116. The van der Waals surface area contributed by atoms with Crippen LogP contribution in [0.25, 0.3) is 10.9 Å². The van der Waals surface area contributed by atoms with Crippen LogP contribution in [0.15, 0.2) is 30.5 Å². The molecule has 1 atom stereocenters. The van der Waals surface area contributed by atoms with E-state index in [1.165, 1.54) is 0 Å². The maximum atomic E-state index is 12.6. The second-order valence-electron chi connectivity index (χ2n) is 6.02. The second-order valence-corrected chi connectivity index (χ2v) is 6.02. The lowest BCUT2D eigenvalue weighted by Crippen LogP contribution is -2.48. The van der Waals surface area contributed by atoms with Crippen LogP contribution in [-0.2, 0) is 16.0 Å². The lowest BCUT2D eigenvalue weighted by molar-refractivity contribution is -0.138. The average molecular weight is 272 g/mol. The summed E-state index contributed by atoms with van der Waals surface area (Å²) in [6.07, 6.45) is 2.18. The van der Waals surface area contributed by atoms with E-state index >= 15 is 0 Å². The lowest BCUT2D eigenvalue weighted by Gasteiger charge is -2.32. The Labute approximate surface area is 118 Å². The maximum absolute atomic E-state index is 12.6. The molecular formula is C16H20N2O2. The molecule has 1 aromatic heterocycles. The molecule has 1 N–H and O–H groups in total. The molecule has 0 bridgehead atoms. The molecule has 3 rings (SSSR count). The van der Waals surface area contributed by atoms with Crippen molar-refractivity contribution in [3.63, 3.8) is 0 Å². The summed E-state index contributed by atoms with van der Waals surface area (Å²) in [5.41, 5.74) is 1.88. The Morgan fingerprint density at radius 3 is 2.90 bits per heavy atom. The number of aromatic nitrogens is 1. The fourth-order valence-corrected chi connectivity index (χ4v) is 3.03. The van der Waals surface area contributed by atoms with Crippen molar-refractivity contribution in [3.8, 4) is 0 Å². The molecule has 2 heterocycles. The molecule has 1 aliphatic rings. The number of carbonyl (C=O) groups excluding carboxylic acids is 1. The van der Waals surface area contributed by atoms with Gasteiger partial charge in [-0.1, -0.05) is 18.2 Å². The van der Waals surface area contributed by atoms with Gasteiger partial charge in [0, 0.05) is 17.1 Å². The van der Waals surface area contributed by atoms with Crippen molar-refractivity contribution < 1.29 is 9.53 Å². The number of nitrogens with zero attached hydrogens (tertiary/aromatic N) is 1. The number of rotatable bonds is 2. The molecule has 20 heavy (non-hydrogen) atoms. The molecule has 1 fully saturated rings. The first-order valence-electron chi connectivity index (χ1n) is 6.98. The molecule has 0 aliphatic carbocycles. The first-order valence-corrected chi connectivity index (χ1v) is 6.98. The van der Waals surface area contributed by atoms with E-state index in [2.05, 4.69) is 4.98 Å². The van der Waals surface area contributed by atoms with Gasteiger partial charge >= 0.3 is 0 Å². The van der Waals surface area contributed by atoms with Gasteiger partial charge in [-0.2, -0.15) is 0 Å². The first-order chi connectivity index (χ1) is 9.49. The molecule has 1 aliphatic heterocycles. The highest BCUT2D eigenvalue weighted by Gasteiger charge is 2.41. The van der Waals surface area contributed by atoms with Gasteiger partial charge in [0.05, 0.1) is 18.6 Å². The summed E-state index contributed by atoms with van der Waals surface area (Å²) in [7, 11) is 0. The number of ether oxygens (including phenoxy) is 1. The van der Waals surface area contributed by atoms with Crippen LogP contribution < -0.4 is 0 Å². The Bertz CT molecular complexity index is 645. The van der Waals surface area contributed by atoms with Gasteiger partial charge in [0.15, 0.2) is 0 Å². The molecule has 1 aromatic carbocycles. The van der Waals surface area contributed by atoms with E-state index in [-0.39, 0.29) is 17.7 Å². The molecule has 0 radical (unpaired) electrons. The fraction of sp³-hybridized carbons (Fsp3) is 0.438. The van der Waals surface area contributed by atoms with E-state index in [9.17, 15) is 4.79 Å². The average Bonchev–Trinajstić information content (AvgIpc) is 2.91. The lowest BCUT2D eigenvalue weighted by atomic mass is 10.0. The van der Waals surface area contributed by atoms with Crippen molar-refractivity contribution >= 4 is 16.8 Å². The van der Waals surface area contributed by atoms with Crippen molar-refractivity contribution in [2.24, 2.45) is 0 Å². The minimum atomic E-state index is -0.234. The Morgan fingerprint density at radius 1 is 1.45 bits per heavy atom. The smallest absolute Gasteiger partial charge is 0.229 e. The number of hydrogen-bond donors (Lipinski definition) is 1. The third-order valence-corrected chi connectivity index (χ3v) is 3.98. The zero-order valence-electron chi connectivity index (χ0n) is 12.1. The van der Waals surface area contributed by atoms with Gasteiger partial charge < -0.3 is 14.6 Å². The molecular weight excluding hydrogens is 252 g/mol. The minimum absolute atomic E-state index is 0.116. The van der Waals surface area contributed by atoms with Gasteiger partial charge in [-0.25, -0.2) is 0 Å².